The van der Waals surface area contributed by atoms with E-state index in [2.05, 4.69) is 5.32 Å². The van der Waals surface area contributed by atoms with Crippen LogP contribution in [-0.2, 0) is 19.6 Å². The van der Waals surface area contributed by atoms with Crippen molar-refractivity contribution in [1.82, 2.24) is 4.31 Å². The van der Waals surface area contributed by atoms with Gasteiger partial charge in [0.25, 0.3) is 0 Å². The molecule has 0 aliphatic carbocycles. The second kappa shape index (κ2) is 7.37. The van der Waals surface area contributed by atoms with E-state index in [4.69, 9.17) is 4.74 Å². The molecule has 2 amide bonds. The molecule has 0 atom stereocenters. The number of methoxy groups -OCH3 is 1. The average molecular weight is 389 g/mol. The maximum absolute atomic E-state index is 12.7. The standard InChI is InChI=1S/C18H19N3O5S/c1-20(27(24,25)14-9-7-13(26-2)8-10-14)12-18(23)21-11-17(22)19-15-5-3-4-6-16(15)21/h3-10H,11-12H2,1-2H3,(H,19,22). The molecule has 0 unspecified atom stereocenters. The summed E-state index contributed by atoms with van der Waals surface area (Å²) < 4.78 is 31.4. The van der Waals surface area contributed by atoms with Gasteiger partial charge in [-0.25, -0.2) is 8.42 Å². The Bertz CT molecular complexity index is 973. The second-order valence-corrected chi connectivity index (χ2v) is 8.03. The Labute approximate surface area is 157 Å². The fourth-order valence-electron chi connectivity index (χ4n) is 2.74. The van der Waals surface area contributed by atoms with Crippen LogP contribution < -0.4 is 15.0 Å². The average Bonchev–Trinajstić information content (AvgIpc) is 2.67. The molecule has 0 saturated heterocycles. The lowest BCUT2D eigenvalue weighted by Gasteiger charge is -2.30. The molecule has 1 N–H and O–H groups in total. The Balaban J connectivity index is 1.80. The van der Waals surface area contributed by atoms with Crippen LogP contribution >= 0.6 is 0 Å². The Kier molecular flexibility index (Phi) is 5.15. The van der Waals surface area contributed by atoms with Gasteiger partial charge in [0.1, 0.15) is 12.3 Å². The van der Waals surface area contributed by atoms with Crippen LogP contribution in [0.1, 0.15) is 0 Å². The van der Waals surface area contributed by atoms with Gasteiger partial charge in [0.2, 0.25) is 21.8 Å². The van der Waals surface area contributed by atoms with Crippen molar-refractivity contribution in [2.75, 3.05) is 37.5 Å². The summed E-state index contributed by atoms with van der Waals surface area (Å²) in [7, 11) is -1.05. The van der Waals surface area contributed by atoms with Crippen molar-refractivity contribution in [3.8, 4) is 5.75 Å². The number of likely N-dealkylation sites (N-methyl/N-ethyl adjacent to an activating group) is 1. The van der Waals surface area contributed by atoms with Crippen molar-refractivity contribution in [3.63, 3.8) is 0 Å². The molecule has 9 heteroatoms. The highest BCUT2D eigenvalue weighted by Gasteiger charge is 2.30. The van der Waals surface area contributed by atoms with Crippen LogP contribution in [0, 0.1) is 0 Å². The Morgan fingerprint density at radius 1 is 1.19 bits per heavy atom. The number of sulfonamides is 1. The monoisotopic (exact) mass is 389 g/mol. The minimum Gasteiger partial charge on any atom is -0.497 e. The molecule has 3 rings (SSSR count). The number of carbonyl (C=O) groups excluding carboxylic acids is 2. The number of para-hydroxylation sites is 2. The van der Waals surface area contributed by atoms with Crippen LogP contribution in [-0.4, -0.2) is 51.8 Å². The molecule has 1 aliphatic rings. The number of benzene rings is 2. The highest BCUT2D eigenvalue weighted by molar-refractivity contribution is 7.89. The van der Waals surface area contributed by atoms with Crippen molar-refractivity contribution < 1.29 is 22.7 Å². The van der Waals surface area contributed by atoms with E-state index < -0.39 is 22.5 Å². The normalized spacial score (nSPS) is 13.9. The van der Waals surface area contributed by atoms with E-state index in [0.717, 1.165) is 4.31 Å². The molecule has 0 fully saturated rings. The van der Waals surface area contributed by atoms with Crippen molar-refractivity contribution >= 4 is 33.2 Å². The summed E-state index contributed by atoms with van der Waals surface area (Å²) in [6.07, 6.45) is 0. The second-order valence-electron chi connectivity index (χ2n) is 5.98. The van der Waals surface area contributed by atoms with Crippen LogP contribution in [0.2, 0.25) is 0 Å². The SMILES string of the molecule is COc1ccc(S(=O)(=O)N(C)CC(=O)N2CC(=O)Nc3ccccc32)cc1. The number of ether oxygens (including phenoxy) is 1. The zero-order valence-corrected chi connectivity index (χ0v) is 15.7. The predicted octanol–water partition coefficient (Wildman–Crippen LogP) is 1.30. The van der Waals surface area contributed by atoms with E-state index in [-0.39, 0.29) is 17.3 Å². The van der Waals surface area contributed by atoms with Gasteiger partial charge in [-0.15, -0.1) is 0 Å². The zero-order chi connectivity index (χ0) is 19.6. The first kappa shape index (κ1) is 18.9. The van der Waals surface area contributed by atoms with Gasteiger partial charge in [0.05, 0.1) is 29.9 Å². The maximum atomic E-state index is 12.7. The highest BCUT2D eigenvalue weighted by atomic mass is 32.2. The molecule has 0 spiro atoms. The number of anilines is 2. The Morgan fingerprint density at radius 2 is 1.85 bits per heavy atom. The van der Waals surface area contributed by atoms with Crippen molar-refractivity contribution in [2.45, 2.75) is 4.90 Å². The van der Waals surface area contributed by atoms with Crippen LogP contribution in [0.5, 0.6) is 5.75 Å². The van der Waals surface area contributed by atoms with Gasteiger partial charge in [0, 0.05) is 7.05 Å². The molecule has 0 aromatic heterocycles. The first-order chi connectivity index (χ1) is 12.8. The van der Waals surface area contributed by atoms with Gasteiger partial charge in [-0.05, 0) is 36.4 Å². The molecular weight excluding hydrogens is 370 g/mol. The maximum Gasteiger partial charge on any atom is 0.244 e. The first-order valence-electron chi connectivity index (χ1n) is 8.12. The lowest BCUT2D eigenvalue weighted by atomic mass is 10.2. The molecule has 1 aliphatic heterocycles. The number of hydrogen-bond acceptors (Lipinski definition) is 5. The van der Waals surface area contributed by atoms with Gasteiger partial charge >= 0.3 is 0 Å². The Morgan fingerprint density at radius 3 is 2.52 bits per heavy atom. The van der Waals surface area contributed by atoms with Crippen molar-refractivity contribution in [2.24, 2.45) is 0 Å². The quantitative estimate of drug-likeness (QED) is 0.832. The smallest absolute Gasteiger partial charge is 0.244 e. The fourth-order valence-corrected chi connectivity index (χ4v) is 3.86. The summed E-state index contributed by atoms with van der Waals surface area (Å²) in [5.74, 6) is -0.289. The molecule has 27 heavy (non-hydrogen) atoms. The van der Waals surface area contributed by atoms with Crippen LogP contribution in [0.4, 0.5) is 11.4 Å². The predicted molar refractivity (Wildman–Crippen MR) is 100 cm³/mol. The molecule has 1 heterocycles. The molecule has 2 aromatic rings. The topological polar surface area (TPSA) is 96.0 Å². The molecule has 2 aromatic carbocycles. The van der Waals surface area contributed by atoms with E-state index in [1.54, 1.807) is 24.3 Å². The molecule has 142 valence electrons. The fraction of sp³-hybridized carbons (Fsp3) is 0.222. The van der Waals surface area contributed by atoms with Crippen LogP contribution in [0.25, 0.3) is 0 Å². The summed E-state index contributed by atoms with van der Waals surface area (Å²) in [5, 5.41) is 2.69. The third kappa shape index (κ3) is 3.79. The lowest BCUT2D eigenvalue weighted by Crippen LogP contribution is -2.46. The van der Waals surface area contributed by atoms with E-state index >= 15 is 0 Å². The van der Waals surface area contributed by atoms with Gasteiger partial charge < -0.3 is 10.1 Å². The molecule has 0 radical (unpaired) electrons. The third-order valence-corrected chi connectivity index (χ3v) is 6.01. The van der Waals surface area contributed by atoms with E-state index in [0.29, 0.717) is 17.1 Å². The molecule has 8 nitrogen and oxygen atoms in total. The van der Waals surface area contributed by atoms with Crippen molar-refractivity contribution in [3.05, 3.63) is 48.5 Å². The summed E-state index contributed by atoms with van der Waals surface area (Å²) in [4.78, 5) is 25.9. The molecular formula is C18H19N3O5S. The van der Waals surface area contributed by atoms with Gasteiger partial charge in [-0.3, -0.25) is 14.5 Å². The van der Waals surface area contributed by atoms with Crippen molar-refractivity contribution in [1.29, 1.82) is 0 Å². The first-order valence-corrected chi connectivity index (χ1v) is 9.56. The summed E-state index contributed by atoms with van der Waals surface area (Å²) >= 11 is 0. The van der Waals surface area contributed by atoms with Crippen LogP contribution in [0.3, 0.4) is 0 Å². The number of nitrogens with one attached hydrogen (secondary N) is 1. The summed E-state index contributed by atoms with van der Waals surface area (Å²) in [5.41, 5.74) is 1.06. The number of fused-ring (bicyclic) bond motifs is 1. The van der Waals surface area contributed by atoms with E-state index in [1.165, 1.54) is 43.3 Å². The highest BCUT2D eigenvalue weighted by Crippen LogP contribution is 2.29. The largest absolute Gasteiger partial charge is 0.497 e. The lowest BCUT2D eigenvalue weighted by molar-refractivity contribution is -0.121. The van der Waals surface area contributed by atoms with E-state index in [9.17, 15) is 18.0 Å². The van der Waals surface area contributed by atoms with Gasteiger partial charge in [0.15, 0.2) is 0 Å². The Hall–Kier alpha value is -2.91. The third-order valence-electron chi connectivity index (χ3n) is 4.20. The molecule has 0 bridgehead atoms. The zero-order valence-electron chi connectivity index (χ0n) is 14.9. The minimum atomic E-state index is -3.86. The summed E-state index contributed by atoms with van der Waals surface area (Å²) in [6.45, 7) is -0.553. The van der Waals surface area contributed by atoms with E-state index in [1.807, 2.05) is 0 Å². The number of carbonyl (C=O) groups is 2. The van der Waals surface area contributed by atoms with Gasteiger partial charge in [-0.1, -0.05) is 12.1 Å². The number of nitrogens with zero attached hydrogens (tertiary/aromatic N) is 2. The molecule has 0 saturated carbocycles. The van der Waals surface area contributed by atoms with Gasteiger partial charge in [-0.2, -0.15) is 4.31 Å². The number of hydrogen-bond donors (Lipinski definition) is 1. The van der Waals surface area contributed by atoms with Crippen LogP contribution in [0.15, 0.2) is 53.4 Å². The minimum absolute atomic E-state index is 0.0513. The summed E-state index contributed by atoms with van der Waals surface area (Å²) in [6, 6.07) is 12.8. The number of rotatable bonds is 5. The number of amides is 2.